The lowest BCUT2D eigenvalue weighted by atomic mass is 9.75. The molecule has 0 radical (unpaired) electrons. The van der Waals surface area contributed by atoms with Crippen LogP contribution in [0.3, 0.4) is 0 Å². The topological polar surface area (TPSA) is 12.0 Å². The summed E-state index contributed by atoms with van der Waals surface area (Å²) < 4.78 is 1.30. The van der Waals surface area contributed by atoms with Crippen LogP contribution in [0.1, 0.15) is 29.9 Å². The van der Waals surface area contributed by atoms with E-state index in [2.05, 4.69) is 83.4 Å². The number of anilines is 1. The van der Waals surface area contributed by atoms with Gasteiger partial charge in [-0.15, -0.1) is 0 Å². The lowest BCUT2D eigenvalue weighted by Crippen LogP contribution is -2.34. The van der Waals surface area contributed by atoms with E-state index in [1.807, 2.05) is 0 Å². The normalized spacial score (nSPS) is 21.8. The maximum Gasteiger partial charge on any atom is 0.0478 e. The molecule has 3 rings (SSSR count). The molecule has 1 aliphatic carbocycles. The summed E-state index contributed by atoms with van der Waals surface area (Å²) >= 11 is 2.39. The molecule has 0 spiro atoms. The largest absolute Gasteiger partial charge is 0.381 e. The van der Waals surface area contributed by atoms with E-state index < -0.39 is 0 Å². The Morgan fingerprint density at radius 3 is 2.58 bits per heavy atom. The van der Waals surface area contributed by atoms with Crippen molar-refractivity contribution in [3.8, 4) is 0 Å². The lowest BCUT2D eigenvalue weighted by Gasteiger charge is -2.37. The second kappa shape index (κ2) is 5.53. The SMILES string of the molecule is Cc1cccc(C2CC(Nc3ccccc3I)C2)c1. The first kappa shape index (κ1) is 13.0. The maximum absolute atomic E-state index is 3.65. The van der Waals surface area contributed by atoms with E-state index in [4.69, 9.17) is 0 Å². The Kier molecular flexibility index (Phi) is 3.78. The third-order valence-corrected chi connectivity index (χ3v) is 4.83. The van der Waals surface area contributed by atoms with Crippen molar-refractivity contribution in [2.75, 3.05) is 5.32 Å². The molecule has 0 unspecified atom stereocenters. The number of nitrogens with one attached hydrogen (secondary N) is 1. The predicted octanol–water partition coefficient (Wildman–Crippen LogP) is 4.96. The average molecular weight is 363 g/mol. The summed E-state index contributed by atoms with van der Waals surface area (Å²) in [5.74, 6) is 0.735. The Balaban J connectivity index is 1.60. The molecule has 0 amide bonds. The Labute approximate surface area is 128 Å². The van der Waals surface area contributed by atoms with Gasteiger partial charge in [0.1, 0.15) is 0 Å². The Morgan fingerprint density at radius 2 is 1.84 bits per heavy atom. The highest BCUT2D eigenvalue weighted by Gasteiger charge is 2.30. The van der Waals surface area contributed by atoms with Crippen molar-refractivity contribution < 1.29 is 0 Å². The van der Waals surface area contributed by atoms with Gasteiger partial charge < -0.3 is 5.32 Å². The quantitative estimate of drug-likeness (QED) is 0.761. The average Bonchev–Trinajstić information content (AvgIpc) is 2.35. The van der Waals surface area contributed by atoms with Crippen LogP contribution in [-0.4, -0.2) is 6.04 Å². The molecule has 1 fully saturated rings. The molecule has 0 heterocycles. The Bertz CT molecular complexity index is 573. The van der Waals surface area contributed by atoms with Gasteiger partial charge in [-0.05, 0) is 66.0 Å². The van der Waals surface area contributed by atoms with Crippen molar-refractivity contribution in [3.63, 3.8) is 0 Å². The minimum absolute atomic E-state index is 0.626. The number of rotatable bonds is 3. The van der Waals surface area contributed by atoms with Gasteiger partial charge in [0.2, 0.25) is 0 Å². The summed E-state index contributed by atoms with van der Waals surface area (Å²) in [6, 6.07) is 18.1. The zero-order valence-corrected chi connectivity index (χ0v) is 13.2. The first-order valence-electron chi connectivity index (χ1n) is 6.80. The molecule has 2 aromatic rings. The highest BCUT2D eigenvalue weighted by atomic mass is 127. The molecule has 19 heavy (non-hydrogen) atoms. The van der Waals surface area contributed by atoms with Gasteiger partial charge in [0.05, 0.1) is 0 Å². The van der Waals surface area contributed by atoms with E-state index in [0.717, 1.165) is 5.92 Å². The molecule has 0 aromatic heterocycles. The maximum atomic E-state index is 3.65. The van der Waals surface area contributed by atoms with Gasteiger partial charge in [0.15, 0.2) is 0 Å². The first-order valence-corrected chi connectivity index (χ1v) is 7.88. The monoisotopic (exact) mass is 363 g/mol. The highest BCUT2D eigenvalue weighted by Crippen LogP contribution is 2.39. The number of hydrogen-bond donors (Lipinski definition) is 1. The van der Waals surface area contributed by atoms with Crippen molar-refractivity contribution in [1.82, 2.24) is 0 Å². The van der Waals surface area contributed by atoms with Gasteiger partial charge in [-0.1, -0.05) is 42.0 Å². The number of halogens is 1. The molecule has 1 nitrogen and oxygen atoms in total. The van der Waals surface area contributed by atoms with Crippen LogP contribution in [0.15, 0.2) is 48.5 Å². The fourth-order valence-corrected chi connectivity index (χ4v) is 3.27. The van der Waals surface area contributed by atoms with Crippen LogP contribution < -0.4 is 5.32 Å². The molecule has 0 saturated heterocycles. The molecule has 0 aliphatic heterocycles. The number of para-hydroxylation sites is 1. The third kappa shape index (κ3) is 2.94. The zero-order valence-electron chi connectivity index (χ0n) is 11.1. The Hall–Kier alpha value is -1.03. The van der Waals surface area contributed by atoms with Gasteiger partial charge >= 0.3 is 0 Å². The van der Waals surface area contributed by atoms with Crippen molar-refractivity contribution in [3.05, 3.63) is 63.2 Å². The van der Waals surface area contributed by atoms with Gasteiger partial charge in [-0.25, -0.2) is 0 Å². The summed E-state index contributed by atoms with van der Waals surface area (Å²) in [7, 11) is 0. The first-order chi connectivity index (χ1) is 9.22. The summed E-state index contributed by atoms with van der Waals surface area (Å²) in [6.07, 6.45) is 2.49. The molecule has 1 N–H and O–H groups in total. The molecule has 0 atom stereocenters. The van der Waals surface area contributed by atoms with Crippen LogP contribution in [0.2, 0.25) is 0 Å². The minimum Gasteiger partial charge on any atom is -0.381 e. The second-order valence-corrected chi connectivity index (χ2v) is 6.57. The molecule has 1 saturated carbocycles. The second-order valence-electron chi connectivity index (χ2n) is 5.40. The number of aryl methyl sites for hydroxylation is 1. The van der Waals surface area contributed by atoms with Gasteiger partial charge in [0.25, 0.3) is 0 Å². The molecular weight excluding hydrogens is 345 g/mol. The van der Waals surface area contributed by atoms with Crippen LogP contribution in [0.25, 0.3) is 0 Å². The highest BCUT2D eigenvalue weighted by molar-refractivity contribution is 14.1. The van der Waals surface area contributed by atoms with E-state index >= 15 is 0 Å². The van der Waals surface area contributed by atoms with Gasteiger partial charge in [-0.3, -0.25) is 0 Å². The molecule has 2 aromatic carbocycles. The summed E-state index contributed by atoms with van der Waals surface area (Å²) in [5, 5.41) is 3.65. The van der Waals surface area contributed by atoms with Crippen molar-refractivity contribution >= 4 is 28.3 Å². The van der Waals surface area contributed by atoms with Crippen LogP contribution >= 0.6 is 22.6 Å². The molecule has 2 heteroatoms. The smallest absolute Gasteiger partial charge is 0.0478 e. The molecular formula is C17H18IN. The summed E-state index contributed by atoms with van der Waals surface area (Å²) in [5.41, 5.74) is 4.14. The molecule has 1 aliphatic rings. The van der Waals surface area contributed by atoms with Crippen LogP contribution in [0.5, 0.6) is 0 Å². The fraction of sp³-hybridized carbons (Fsp3) is 0.294. The van der Waals surface area contributed by atoms with Gasteiger partial charge in [0, 0.05) is 15.3 Å². The van der Waals surface area contributed by atoms with Crippen LogP contribution in [0.4, 0.5) is 5.69 Å². The van der Waals surface area contributed by atoms with Crippen molar-refractivity contribution in [1.29, 1.82) is 0 Å². The standard InChI is InChI=1S/C17H18IN/c1-12-5-4-6-13(9-12)14-10-15(11-14)19-17-8-3-2-7-16(17)18/h2-9,14-15,19H,10-11H2,1H3. The molecule has 98 valence electrons. The van der Waals surface area contributed by atoms with E-state index in [1.165, 1.54) is 33.2 Å². The predicted molar refractivity (Wildman–Crippen MR) is 89.7 cm³/mol. The van der Waals surface area contributed by atoms with E-state index in [1.54, 1.807) is 0 Å². The van der Waals surface area contributed by atoms with Gasteiger partial charge in [-0.2, -0.15) is 0 Å². The summed E-state index contributed by atoms with van der Waals surface area (Å²) in [6.45, 7) is 2.17. The lowest BCUT2D eigenvalue weighted by molar-refractivity contribution is 0.374. The van der Waals surface area contributed by atoms with E-state index in [-0.39, 0.29) is 0 Å². The Morgan fingerprint density at radius 1 is 1.05 bits per heavy atom. The minimum atomic E-state index is 0.626. The summed E-state index contributed by atoms with van der Waals surface area (Å²) in [4.78, 5) is 0. The van der Waals surface area contributed by atoms with Crippen LogP contribution in [-0.2, 0) is 0 Å². The molecule has 0 bridgehead atoms. The number of benzene rings is 2. The zero-order chi connectivity index (χ0) is 13.2. The van der Waals surface area contributed by atoms with Crippen LogP contribution in [0, 0.1) is 10.5 Å². The fourth-order valence-electron chi connectivity index (χ4n) is 2.73. The van der Waals surface area contributed by atoms with E-state index in [9.17, 15) is 0 Å². The van der Waals surface area contributed by atoms with Crippen molar-refractivity contribution in [2.45, 2.75) is 31.7 Å². The van der Waals surface area contributed by atoms with Crippen molar-refractivity contribution in [2.24, 2.45) is 0 Å². The van der Waals surface area contributed by atoms with E-state index in [0.29, 0.717) is 6.04 Å². The number of hydrogen-bond acceptors (Lipinski definition) is 1. The third-order valence-electron chi connectivity index (χ3n) is 3.89.